The molecule has 1 fully saturated rings. The molecule has 0 aromatic heterocycles. The lowest BCUT2D eigenvalue weighted by Gasteiger charge is -2.15. The fraction of sp³-hybridized carbons (Fsp3) is 0.222. The van der Waals surface area contributed by atoms with Crippen LogP contribution in [0.15, 0.2) is 24.3 Å². The van der Waals surface area contributed by atoms with E-state index in [9.17, 15) is 9.90 Å². The SMILES string of the molecule is O=C1C(O)SCN1c1ccccc1Cl. The molecule has 5 heteroatoms. The van der Waals surface area contributed by atoms with Gasteiger partial charge in [0.2, 0.25) is 0 Å². The van der Waals surface area contributed by atoms with E-state index in [-0.39, 0.29) is 5.91 Å². The van der Waals surface area contributed by atoms with Crippen LogP contribution >= 0.6 is 23.4 Å². The lowest BCUT2D eigenvalue weighted by molar-refractivity contribution is -0.121. The number of hydrogen-bond donors (Lipinski definition) is 1. The number of aliphatic hydroxyl groups is 1. The van der Waals surface area contributed by atoms with Crippen LogP contribution in [-0.2, 0) is 4.79 Å². The second-order valence-corrected chi connectivity index (χ2v) is 4.31. The number of halogens is 1. The number of hydrogen-bond acceptors (Lipinski definition) is 3. The molecule has 1 N–H and O–H groups in total. The van der Waals surface area contributed by atoms with Crippen molar-refractivity contribution in [3.8, 4) is 0 Å². The van der Waals surface area contributed by atoms with Crippen LogP contribution in [0.25, 0.3) is 0 Å². The summed E-state index contributed by atoms with van der Waals surface area (Å²) < 4.78 is 0. The molecule has 1 saturated heterocycles. The third kappa shape index (κ3) is 1.61. The highest BCUT2D eigenvalue weighted by Crippen LogP contribution is 2.32. The van der Waals surface area contributed by atoms with Gasteiger partial charge in [0, 0.05) is 0 Å². The molecule has 74 valence electrons. The summed E-state index contributed by atoms with van der Waals surface area (Å²) in [5.74, 6) is 0.145. The molecule has 1 heterocycles. The van der Waals surface area contributed by atoms with Gasteiger partial charge in [-0.25, -0.2) is 0 Å². The maximum atomic E-state index is 11.5. The molecule has 0 radical (unpaired) electrons. The summed E-state index contributed by atoms with van der Waals surface area (Å²) in [5.41, 5.74) is -0.297. The minimum atomic E-state index is -0.953. The molecule has 14 heavy (non-hydrogen) atoms. The summed E-state index contributed by atoms with van der Waals surface area (Å²) in [6.07, 6.45) is 0. The van der Waals surface area contributed by atoms with Crippen molar-refractivity contribution in [1.82, 2.24) is 0 Å². The zero-order chi connectivity index (χ0) is 10.1. The normalized spacial score (nSPS) is 21.7. The highest BCUT2D eigenvalue weighted by atomic mass is 35.5. The molecule has 1 aromatic rings. The van der Waals surface area contributed by atoms with E-state index in [0.29, 0.717) is 16.6 Å². The van der Waals surface area contributed by atoms with E-state index in [0.717, 1.165) is 0 Å². The highest BCUT2D eigenvalue weighted by Gasteiger charge is 2.32. The predicted molar refractivity (Wildman–Crippen MR) is 57.4 cm³/mol. The monoisotopic (exact) mass is 229 g/mol. The van der Waals surface area contributed by atoms with Gasteiger partial charge < -0.3 is 5.11 Å². The maximum absolute atomic E-state index is 11.5. The van der Waals surface area contributed by atoms with Crippen molar-refractivity contribution in [3.63, 3.8) is 0 Å². The van der Waals surface area contributed by atoms with E-state index >= 15 is 0 Å². The number of rotatable bonds is 1. The number of amides is 1. The van der Waals surface area contributed by atoms with Gasteiger partial charge in [0.1, 0.15) is 0 Å². The molecule has 1 amide bonds. The van der Waals surface area contributed by atoms with Crippen LogP contribution in [0.2, 0.25) is 5.02 Å². The summed E-state index contributed by atoms with van der Waals surface area (Å²) in [6, 6.07) is 7.10. The van der Waals surface area contributed by atoms with Gasteiger partial charge in [-0.1, -0.05) is 35.5 Å². The van der Waals surface area contributed by atoms with Gasteiger partial charge in [0.15, 0.2) is 5.44 Å². The van der Waals surface area contributed by atoms with Crippen molar-refractivity contribution in [2.75, 3.05) is 10.8 Å². The Hall–Kier alpha value is -0.710. The molecule has 0 aliphatic carbocycles. The zero-order valence-corrected chi connectivity index (χ0v) is 8.76. The van der Waals surface area contributed by atoms with Gasteiger partial charge in [-0.2, -0.15) is 0 Å². The first-order valence-corrected chi connectivity index (χ1v) is 5.48. The van der Waals surface area contributed by atoms with Crippen LogP contribution in [0, 0.1) is 0 Å². The van der Waals surface area contributed by atoms with Crippen LogP contribution in [0.5, 0.6) is 0 Å². The fourth-order valence-electron chi connectivity index (χ4n) is 1.27. The van der Waals surface area contributed by atoms with Crippen LogP contribution in [0.4, 0.5) is 5.69 Å². The Morgan fingerprint density at radius 1 is 1.50 bits per heavy atom. The molecule has 1 aliphatic heterocycles. The minimum Gasteiger partial charge on any atom is -0.373 e. The predicted octanol–water partition coefficient (Wildman–Crippen LogP) is 1.70. The number of benzene rings is 1. The molecule has 1 aromatic carbocycles. The van der Waals surface area contributed by atoms with Crippen molar-refractivity contribution in [2.45, 2.75) is 5.44 Å². The third-order valence-corrected chi connectivity index (χ3v) is 3.23. The zero-order valence-electron chi connectivity index (χ0n) is 7.18. The van der Waals surface area contributed by atoms with Crippen LogP contribution in [0.3, 0.4) is 0 Å². The Labute approximate surface area is 90.7 Å². The van der Waals surface area contributed by atoms with Crippen molar-refractivity contribution >= 4 is 35.0 Å². The maximum Gasteiger partial charge on any atom is 0.267 e. The number of carbonyl (C=O) groups is 1. The number of para-hydroxylation sites is 1. The first kappa shape index (κ1) is 9.83. The number of carbonyl (C=O) groups excluding carboxylic acids is 1. The molecular formula is C9H8ClNO2S. The second-order valence-electron chi connectivity index (χ2n) is 2.87. The first-order valence-electron chi connectivity index (χ1n) is 4.06. The van der Waals surface area contributed by atoms with Gasteiger partial charge in [0.25, 0.3) is 5.91 Å². The average Bonchev–Trinajstić information content (AvgIpc) is 2.49. The van der Waals surface area contributed by atoms with Gasteiger partial charge >= 0.3 is 0 Å². The topological polar surface area (TPSA) is 40.5 Å². The molecule has 1 atom stereocenters. The van der Waals surface area contributed by atoms with Gasteiger partial charge in [0.05, 0.1) is 16.6 Å². The molecule has 3 nitrogen and oxygen atoms in total. The summed E-state index contributed by atoms with van der Waals surface area (Å²) in [7, 11) is 0. The van der Waals surface area contributed by atoms with Crippen molar-refractivity contribution in [1.29, 1.82) is 0 Å². The number of anilines is 1. The average molecular weight is 230 g/mol. The lowest BCUT2D eigenvalue weighted by Crippen LogP contribution is -2.29. The summed E-state index contributed by atoms with van der Waals surface area (Å²) in [6.45, 7) is 0. The van der Waals surface area contributed by atoms with Crippen molar-refractivity contribution in [2.24, 2.45) is 0 Å². The highest BCUT2D eigenvalue weighted by molar-refractivity contribution is 8.01. The molecule has 2 rings (SSSR count). The largest absolute Gasteiger partial charge is 0.373 e. The van der Waals surface area contributed by atoms with Crippen LogP contribution < -0.4 is 4.90 Å². The van der Waals surface area contributed by atoms with E-state index in [1.165, 1.54) is 16.7 Å². The Morgan fingerprint density at radius 2 is 2.21 bits per heavy atom. The van der Waals surface area contributed by atoms with Crippen molar-refractivity contribution in [3.05, 3.63) is 29.3 Å². The minimum absolute atomic E-state index is 0.303. The molecule has 0 bridgehead atoms. The van der Waals surface area contributed by atoms with E-state index in [4.69, 9.17) is 11.6 Å². The molecular weight excluding hydrogens is 222 g/mol. The Bertz CT molecular complexity index is 372. The number of nitrogens with zero attached hydrogens (tertiary/aromatic N) is 1. The second kappa shape index (κ2) is 3.81. The fourth-order valence-corrected chi connectivity index (χ4v) is 2.34. The molecule has 1 unspecified atom stereocenters. The Morgan fingerprint density at radius 3 is 2.79 bits per heavy atom. The van der Waals surface area contributed by atoms with E-state index in [1.807, 2.05) is 6.07 Å². The Kier molecular flexibility index (Phi) is 2.67. The standard InChI is InChI=1S/C9H8ClNO2S/c10-6-3-1-2-4-7(6)11-5-14-9(13)8(11)12/h1-4,9,13H,5H2. The van der Waals surface area contributed by atoms with Crippen LogP contribution in [0.1, 0.15) is 0 Å². The summed E-state index contributed by atoms with van der Waals surface area (Å²) in [4.78, 5) is 12.9. The first-order chi connectivity index (χ1) is 6.70. The van der Waals surface area contributed by atoms with E-state index in [1.54, 1.807) is 18.2 Å². The summed E-state index contributed by atoms with van der Waals surface area (Å²) >= 11 is 7.12. The lowest BCUT2D eigenvalue weighted by atomic mass is 10.3. The number of aliphatic hydroxyl groups excluding tert-OH is 1. The van der Waals surface area contributed by atoms with Gasteiger partial charge in [-0.05, 0) is 12.1 Å². The molecule has 0 spiro atoms. The Balaban J connectivity index is 2.33. The quantitative estimate of drug-likeness (QED) is 0.797. The van der Waals surface area contributed by atoms with Gasteiger partial charge in [-0.3, -0.25) is 9.69 Å². The van der Waals surface area contributed by atoms with Gasteiger partial charge in [-0.15, -0.1) is 0 Å². The smallest absolute Gasteiger partial charge is 0.267 e. The third-order valence-electron chi connectivity index (χ3n) is 1.98. The molecule has 1 aliphatic rings. The number of thioether (sulfide) groups is 1. The van der Waals surface area contributed by atoms with E-state index < -0.39 is 5.44 Å². The summed E-state index contributed by atoms with van der Waals surface area (Å²) in [5, 5.41) is 9.77. The van der Waals surface area contributed by atoms with Crippen molar-refractivity contribution < 1.29 is 9.90 Å². The molecule has 0 saturated carbocycles. The van der Waals surface area contributed by atoms with E-state index in [2.05, 4.69) is 0 Å². The van der Waals surface area contributed by atoms with Crippen LogP contribution in [-0.4, -0.2) is 22.3 Å².